The van der Waals surface area contributed by atoms with Crippen LogP contribution < -0.4 is 5.32 Å². The Morgan fingerprint density at radius 3 is 2.33 bits per heavy atom. The summed E-state index contributed by atoms with van der Waals surface area (Å²) in [5.41, 5.74) is 0. The third kappa shape index (κ3) is 7.43. The zero-order valence-electron chi connectivity index (χ0n) is 10.8. The number of ether oxygens (including phenoxy) is 1. The SMILES string of the molecule is CCOC(=O)C(CC(C)C)NC(=O)C=CC(=O)O. The number of esters is 1. The molecule has 2 N–H and O–H groups in total. The summed E-state index contributed by atoms with van der Waals surface area (Å²) in [5, 5.41) is 10.8. The van der Waals surface area contributed by atoms with Crippen molar-refractivity contribution in [3.8, 4) is 0 Å². The molecule has 0 spiro atoms. The number of carbonyl (C=O) groups excluding carboxylic acids is 2. The Morgan fingerprint density at radius 2 is 1.89 bits per heavy atom. The molecule has 102 valence electrons. The number of amides is 1. The maximum absolute atomic E-state index is 11.6. The smallest absolute Gasteiger partial charge is 0.328 e. The number of carboxylic acids is 1. The van der Waals surface area contributed by atoms with Crippen LogP contribution in [0.5, 0.6) is 0 Å². The topological polar surface area (TPSA) is 92.7 Å². The highest BCUT2D eigenvalue weighted by Crippen LogP contribution is 2.06. The molecule has 0 heterocycles. The first-order valence-electron chi connectivity index (χ1n) is 5.75. The van der Waals surface area contributed by atoms with E-state index >= 15 is 0 Å². The van der Waals surface area contributed by atoms with Crippen LogP contribution in [0, 0.1) is 5.92 Å². The van der Waals surface area contributed by atoms with Gasteiger partial charge in [0.1, 0.15) is 6.04 Å². The van der Waals surface area contributed by atoms with E-state index < -0.39 is 23.9 Å². The van der Waals surface area contributed by atoms with Gasteiger partial charge in [0.2, 0.25) is 5.91 Å². The minimum atomic E-state index is -1.22. The highest BCUT2D eigenvalue weighted by molar-refractivity contribution is 5.95. The largest absolute Gasteiger partial charge is 0.478 e. The zero-order valence-corrected chi connectivity index (χ0v) is 10.8. The van der Waals surface area contributed by atoms with Gasteiger partial charge in [0, 0.05) is 12.2 Å². The fourth-order valence-electron chi connectivity index (χ4n) is 1.30. The van der Waals surface area contributed by atoms with Crippen LogP contribution in [0.4, 0.5) is 0 Å². The Kier molecular flexibility index (Phi) is 7.42. The lowest BCUT2D eigenvalue weighted by molar-refractivity contribution is -0.147. The third-order valence-corrected chi connectivity index (χ3v) is 1.97. The number of nitrogens with one attached hydrogen (secondary N) is 1. The van der Waals surface area contributed by atoms with Crippen LogP contribution in [-0.4, -0.2) is 35.6 Å². The van der Waals surface area contributed by atoms with Crippen LogP contribution in [0.3, 0.4) is 0 Å². The van der Waals surface area contributed by atoms with Crippen LogP contribution in [0.25, 0.3) is 0 Å². The predicted octanol–water partition coefficient (Wildman–Crippen LogP) is 0.721. The fraction of sp³-hybridized carbons (Fsp3) is 0.583. The van der Waals surface area contributed by atoms with Crippen LogP contribution in [0.2, 0.25) is 0 Å². The maximum atomic E-state index is 11.6. The molecule has 0 fully saturated rings. The average molecular weight is 257 g/mol. The molecular weight excluding hydrogens is 238 g/mol. The van der Waals surface area contributed by atoms with Crippen LogP contribution in [-0.2, 0) is 19.1 Å². The van der Waals surface area contributed by atoms with Crippen molar-refractivity contribution in [2.24, 2.45) is 5.92 Å². The molecule has 0 aliphatic heterocycles. The first kappa shape index (κ1) is 16.1. The van der Waals surface area contributed by atoms with Crippen molar-refractivity contribution in [1.82, 2.24) is 5.32 Å². The molecule has 0 saturated heterocycles. The van der Waals surface area contributed by atoms with Crippen molar-refractivity contribution in [2.75, 3.05) is 6.61 Å². The highest BCUT2D eigenvalue weighted by Gasteiger charge is 2.22. The summed E-state index contributed by atoms with van der Waals surface area (Å²) in [6, 6.07) is -0.754. The van der Waals surface area contributed by atoms with E-state index in [-0.39, 0.29) is 12.5 Å². The summed E-state index contributed by atoms with van der Waals surface area (Å²) < 4.78 is 4.84. The lowest BCUT2D eigenvalue weighted by atomic mass is 10.0. The number of carboxylic acid groups (broad SMARTS) is 1. The molecule has 0 bridgehead atoms. The van der Waals surface area contributed by atoms with Gasteiger partial charge in [-0.25, -0.2) is 9.59 Å². The van der Waals surface area contributed by atoms with Crippen LogP contribution in [0.15, 0.2) is 12.2 Å². The van der Waals surface area contributed by atoms with Crippen LogP contribution >= 0.6 is 0 Å². The lowest BCUT2D eigenvalue weighted by Crippen LogP contribution is -2.42. The molecule has 0 aromatic rings. The van der Waals surface area contributed by atoms with Gasteiger partial charge >= 0.3 is 11.9 Å². The van der Waals surface area contributed by atoms with E-state index in [4.69, 9.17) is 9.84 Å². The molecule has 0 saturated carbocycles. The Hall–Kier alpha value is -1.85. The second-order valence-electron chi connectivity index (χ2n) is 4.11. The molecule has 0 rings (SSSR count). The zero-order chi connectivity index (χ0) is 14.1. The van der Waals surface area contributed by atoms with Crippen molar-refractivity contribution in [1.29, 1.82) is 0 Å². The van der Waals surface area contributed by atoms with E-state index in [2.05, 4.69) is 5.32 Å². The highest BCUT2D eigenvalue weighted by atomic mass is 16.5. The van der Waals surface area contributed by atoms with Gasteiger partial charge in [-0.05, 0) is 19.3 Å². The van der Waals surface area contributed by atoms with E-state index in [0.29, 0.717) is 12.5 Å². The van der Waals surface area contributed by atoms with Crippen molar-refractivity contribution in [2.45, 2.75) is 33.2 Å². The molecule has 0 aliphatic rings. The number of aliphatic carboxylic acids is 1. The van der Waals surface area contributed by atoms with Gasteiger partial charge in [0.15, 0.2) is 0 Å². The Bertz CT molecular complexity index is 335. The summed E-state index contributed by atoms with van der Waals surface area (Å²) in [5.74, 6) is -2.16. The minimum absolute atomic E-state index is 0.197. The minimum Gasteiger partial charge on any atom is -0.478 e. The third-order valence-electron chi connectivity index (χ3n) is 1.97. The summed E-state index contributed by atoms with van der Waals surface area (Å²) in [4.78, 5) is 33.2. The molecule has 1 unspecified atom stereocenters. The fourth-order valence-corrected chi connectivity index (χ4v) is 1.30. The maximum Gasteiger partial charge on any atom is 0.328 e. The molecule has 6 nitrogen and oxygen atoms in total. The summed E-state index contributed by atoms with van der Waals surface area (Å²) >= 11 is 0. The lowest BCUT2D eigenvalue weighted by Gasteiger charge is -2.18. The second-order valence-corrected chi connectivity index (χ2v) is 4.11. The monoisotopic (exact) mass is 257 g/mol. The first-order chi connectivity index (χ1) is 8.36. The average Bonchev–Trinajstić information content (AvgIpc) is 2.25. The Morgan fingerprint density at radius 1 is 1.28 bits per heavy atom. The standard InChI is InChI=1S/C12H19NO5/c1-4-18-12(17)9(7-8(2)3)13-10(14)5-6-11(15)16/h5-6,8-9H,4,7H2,1-3H3,(H,13,14)(H,15,16). The number of rotatable bonds is 7. The first-order valence-corrected chi connectivity index (χ1v) is 5.75. The van der Waals surface area contributed by atoms with Gasteiger partial charge in [0.05, 0.1) is 6.61 Å². The summed E-state index contributed by atoms with van der Waals surface area (Å²) in [6.07, 6.45) is 2.02. The van der Waals surface area contributed by atoms with E-state index in [0.717, 1.165) is 6.08 Å². The summed E-state index contributed by atoms with van der Waals surface area (Å²) in [7, 11) is 0. The summed E-state index contributed by atoms with van der Waals surface area (Å²) in [6.45, 7) is 5.72. The van der Waals surface area contributed by atoms with Gasteiger partial charge in [-0.15, -0.1) is 0 Å². The Labute approximate surface area is 106 Å². The molecule has 18 heavy (non-hydrogen) atoms. The van der Waals surface area contributed by atoms with Gasteiger partial charge < -0.3 is 15.2 Å². The van der Waals surface area contributed by atoms with Gasteiger partial charge in [0.25, 0.3) is 0 Å². The molecule has 1 amide bonds. The van der Waals surface area contributed by atoms with E-state index in [1.807, 2.05) is 13.8 Å². The molecule has 0 aliphatic carbocycles. The second kappa shape index (κ2) is 8.27. The molecule has 0 aromatic carbocycles. The quantitative estimate of drug-likeness (QED) is 0.518. The van der Waals surface area contributed by atoms with Gasteiger partial charge in [-0.1, -0.05) is 13.8 Å². The van der Waals surface area contributed by atoms with E-state index in [1.54, 1.807) is 6.92 Å². The van der Waals surface area contributed by atoms with Crippen molar-refractivity contribution in [3.63, 3.8) is 0 Å². The van der Waals surface area contributed by atoms with Crippen molar-refractivity contribution >= 4 is 17.8 Å². The van der Waals surface area contributed by atoms with E-state index in [1.165, 1.54) is 0 Å². The normalized spacial score (nSPS) is 12.4. The van der Waals surface area contributed by atoms with Crippen molar-refractivity contribution in [3.05, 3.63) is 12.2 Å². The molecule has 0 radical (unpaired) electrons. The number of hydrogen-bond acceptors (Lipinski definition) is 4. The van der Waals surface area contributed by atoms with Gasteiger partial charge in [-0.3, -0.25) is 4.79 Å². The number of carbonyl (C=O) groups is 3. The molecule has 1 atom stereocenters. The molecular formula is C12H19NO5. The predicted molar refractivity (Wildman–Crippen MR) is 64.8 cm³/mol. The van der Waals surface area contributed by atoms with E-state index in [9.17, 15) is 14.4 Å². The van der Waals surface area contributed by atoms with Gasteiger partial charge in [-0.2, -0.15) is 0 Å². The molecule has 0 aromatic heterocycles. The number of hydrogen-bond donors (Lipinski definition) is 2. The molecule has 6 heteroatoms. The van der Waals surface area contributed by atoms with Crippen LogP contribution in [0.1, 0.15) is 27.2 Å². The van der Waals surface area contributed by atoms with Crippen molar-refractivity contribution < 1.29 is 24.2 Å². The Balaban J connectivity index is 4.53.